The van der Waals surface area contributed by atoms with Gasteiger partial charge in [0.1, 0.15) is 0 Å². The molecule has 146 valence electrons. The van der Waals surface area contributed by atoms with Gasteiger partial charge in [-0.25, -0.2) is 0 Å². The van der Waals surface area contributed by atoms with Gasteiger partial charge in [0, 0.05) is 11.4 Å². The van der Waals surface area contributed by atoms with Crippen LogP contribution in [0.15, 0.2) is 52.9 Å². The number of nitrogens with zero attached hydrogens (tertiary/aromatic N) is 2. The van der Waals surface area contributed by atoms with Crippen molar-refractivity contribution in [3.05, 3.63) is 59.7 Å². The maximum absolute atomic E-state index is 12.2. The number of thioether (sulfide) groups is 1. The molecule has 2 N–H and O–H groups in total. The van der Waals surface area contributed by atoms with E-state index in [9.17, 15) is 4.79 Å². The predicted molar refractivity (Wildman–Crippen MR) is 119 cm³/mol. The van der Waals surface area contributed by atoms with Gasteiger partial charge in [-0.1, -0.05) is 74.2 Å². The third-order valence-electron chi connectivity index (χ3n) is 4.23. The minimum absolute atomic E-state index is 0.0418. The standard InChI is InChI=1S/C21H24N4OS2/c1-4-15-7-5-6-8-18(15)23-19(26)13-27-21-25-24-20(28-21)22-17-11-9-16(10-12-17)14(2)3/h5-12,14H,4,13H2,1-3H3,(H,22,24)(H,23,26). The molecule has 0 spiro atoms. The van der Waals surface area contributed by atoms with E-state index in [0.29, 0.717) is 11.7 Å². The lowest BCUT2D eigenvalue weighted by Crippen LogP contribution is -2.15. The van der Waals surface area contributed by atoms with Crippen molar-refractivity contribution in [3.8, 4) is 0 Å². The quantitative estimate of drug-likeness (QED) is 0.465. The summed E-state index contributed by atoms with van der Waals surface area (Å²) in [5.74, 6) is 0.768. The number of nitrogens with one attached hydrogen (secondary N) is 2. The molecule has 0 aliphatic rings. The Morgan fingerprint density at radius 3 is 2.57 bits per heavy atom. The van der Waals surface area contributed by atoms with E-state index in [-0.39, 0.29) is 5.91 Å². The molecule has 0 aliphatic carbocycles. The lowest BCUT2D eigenvalue weighted by Gasteiger charge is -2.08. The molecule has 1 amide bonds. The van der Waals surface area contributed by atoms with Gasteiger partial charge >= 0.3 is 0 Å². The molecule has 28 heavy (non-hydrogen) atoms. The fourth-order valence-corrected chi connectivity index (χ4v) is 4.23. The zero-order chi connectivity index (χ0) is 19.9. The van der Waals surface area contributed by atoms with Gasteiger partial charge in [0.2, 0.25) is 11.0 Å². The van der Waals surface area contributed by atoms with Crippen molar-refractivity contribution in [2.45, 2.75) is 37.4 Å². The van der Waals surface area contributed by atoms with Crippen LogP contribution in [0.1, 0.15) is 37.8 Å². The molecule has 3 aromatic rings. The maximum atomic E-state index is 12.2. The molecular formula is C21H24N4OS2. The number of rotatable bonds is 8. The van der Waals surface area contributed by atoms with E-state index < -0.39 is 0 Å². The molecule has 0 saturated carbocycles. The van der Waals surface area contributed by atoms with Crippen LogP contribution in [-0.4, -0.2) is 21.9 Å². The lowest BCUT2D eigenvalue weighted by atomic mass is 10.0. The van der Waals surface area contributed by atoms with Crippen LogP contribution >= 0.6 is 23.1 Å². The van der Waals surface area contributed by atoms with E-state index >= 15 is 0 Å². The molecule has 0 saturated heterocycles. The molecule has 0 fully saturated rings. The molecular weight excluding hydrogens is 388 g/mol. The highest BCUT2D eigenvalue weighted by molar-refractivity contribution is 8.01. The number of hydrogen-bond donors (Lipinski definition) is 2. The van der Waals surface area contributed by atoms with Gasteiger partial charge in [-0.15, -0.1) is 10.2 Å². The molecule has 0 radical (unpaired) electrons. The third kappa shape index (κ3) is 5.56. The Hall–Kier alpha value is -2.38. The summed E-state index contributed by atoms with van der Waals surface area (Å²) in [7, 11) is 0. The van der Waals surface area contributed by atoms with Crippen LogP contribution in [0.3, 0.4) is 0 Å². The minimum Gasteiger partial charge on any atom is -0.330 e. The van der Waals surface area contributed by atoms with E-state index in [1.165, 1.54) is 28.7 Å². The van der Waals surface area contributed by atoms with Crippen molar-refractivity contribution in [3.63, 3.8) is 0 Å². The molecule has 3 rings (SSSR count). The number of amides is 1. The first-order valence-electron chi connectivity index (χ1n) is 9.26. The SMILES string of the molecule is CCc1ccccc1NC(=O)CSc1nnc(Nc2ccc(C(C)C)cc2)s1. The molecule has 7 heteroatoms. The van der Waals surface area contributed by atoms with Gasteiger partial charge in [0.05, 0.1) is 5.75 Å². The predicted octanol–water partition coefficient (Wildman–Crippen LogP) is 5.70. The number of aryl methyl sites for hydroxylation is 1. The highest BCUT2D eigenvalue weighted by Crippen LogP contribution is 2.28. The summed E-state index contributed by atoms with van der Waals surface area (Å²) in [4.78, 5) is 12.2. The lowest BCUT2D eigenvalue weighted by molar-refractivity contribution is -0.113. The number of carbonyl (C=O) groups is 1. The molecule has 0 unspecified atom stereocenters. The smallest absolute Gasteiger partial charge is 0.234 e. The second-order valence-electron chi connectivity index (χ2n) is 6.62. The van der Waals surface area contributed by atoms with Crippen LogP contribution in [0.2, 0.25) is 0 Å². The Kier molecular flexibility index (Phi) is 7.06. The summed E-state index contributed by atoms with van der Waals surface area (Å²) in [5.41, 5.74) is 4.28. The second kappa shape index (κ2) is 9.71. The molecule has 1 heterocycles. The molecule has 0 aliphatic heterocycles. The van der Waals surface area contributed by atoms with Crippen LogP contribution in [0.25, 0.3) is 0 Å². The Balaban J connectivity index is 1.52. The average Bonchev–Trinajstić information content (AvgIpc) is 3.14. The van der Waals surface area contributed by atoms with Gasteiger partial charge in [0.25, 0.3) is 0 Å². The number of aromatic nitrogens is 2. The van der Waals surface area contributed by atoms with Crippen molar-refractivity contribution >= 4 is 45.5 Å². The molecule has 2 aromatic carbocycles. The van der Waals surface area contributed by atoms with E-state index in [4.69, 9.17) is 0 Å². The number of hydrogen-bond acceptors (Lipinski definition) is 6. The Labute approximate surface area is 174 Å². The van der Waals surface area contributed by atoms with Crippen LogP contribution < -0.4 is 10.6 Å². The Morgan fingerprint density at radius 1 is 1.11 bits per heavy atom. The first kappa shape index (κ1) is 20.4. The Bertz CT molecular complexity index is 922. The van der Waals surface area contributed by atoms with E-state index in [0.717, 1.165) is 32.8 Å². The third-order valence-corrected chi connectivity index (χ3v) is 6.21. The fourth-order valence-electron chi connectivity index (χ4n) is 2.66. The van der Waals surface area contributed by atoms with Crippen molar-refractivity contribution < 1.29 is 4.79 Å². The number of benzene rings is 2. The summed E-state index contributed by atoms with van der Waals surface area (Å²) in [5, 5.41) is 15.3. The first-order valence-corrected chi connectivity index (χ1v) is 11.1. The first-order chi connectivity index (χ1) is 13.5. The van der Waals surface area contributed by atoms with Gasteiger partial charge in [0.15, 0.2) is 4.34 Å². The van der Waals surface area contributed by atoms with Crippen LogP contribution in [-0.2, 0) is 11.2 Å². The van der Waals surface area contributed by atoms with Crippen molar-refractivity contribution in [2.75, 3.05) is 16.4 Å². The summed E-state index contributed by atoms with van der Waals surface area (Å²) in [6, 6.07) is 16.2. The van der Waals surface area contributed by atoms with Crippen LogP contribution in [0, 0.1) is 0 Å². The molecule has 1 aromatic heterocycles. The largest absolute Gasteiger partial charge is 0.330 e. The van der Waals surface area contributed by atoms with Crippen molar-refractivity contribution in [1.29, 1.82) is 0 Å². The number of para-hydroxylation sites is 1. The highest BCUT2D eigenvalue weighted by Gasteiger charge is 2.10. The summed E-state index contributed by atoms with van der Waals surface area (Å²) < 4.78 is 0.764. The zero-order valence-electron chi connectivity index (χ0n) is 16.2. The van der Waals surface area contributed by atoms with Crippen molar-refractivity contribution in [1.82, 2.24) is 10.2 Å². The summed E-state index contributed by atoms with van der Waals surface area (Å²) >= 11 is 2.84. The fraction of sp³-hybridized carbons (Fsp3) is 0.286. The zero-order valence-corrected chi connectivity index (χ0v) is 17.9. The molecule has 0 atom stereocenters. The normalized spacial score (nSPS) is 10.9. The van der Waals surface area contributed by atoms with Crippen LogP contribution in [0.4, 0.5) is 16.5 Å². The Morgan fingerprint density at radius 2 is 1.86 bits per heavy atom. The number of carbonyl (C=O) groups excluding carboxylic acids is 1. The molecule has 0 bridgehead atoms. The maximum Gasteiger partial charge on any atom is 0.234 e. The second-order valence-corrected chi connectivity index (χ2v) is 8.82. The van der Waals surface area contributed by atoms with E-state index in [2.05, 4.69) is 53.7 Å². The summed E-state index contributed by atoms with van der Waals surface area (Å²) in [6.45, 7) is 6.42. The summed E-state index contributed by atoms with van der Waals surface area (Å²) in [6.07, 6.45) is 0.882. The van der Waals surface area contributed by atoms with Gasteiger partial charge in [-0.2, -0.15) is 0 Å². The van der Waals surface area contributed by atoms with E-state index in [1.54, 1.807) is 0 Å². The van der Waals surface area contributed by atoms with Gasteiger partial charge in [-0.3, -0.25) is 4.79 Å². The monoisotopic (exact) mass is 412 g/mol. The van der Waals surface area contributed by atoms with E-state index in [1.807, 2.05) is 36.4 Å². The van der Waals surface area contributed by atoms with Gasteiger partial charge in [-0.05, 0) is 41.7 Å². The topological polar surface area (TPSA) is 66.9 Å². The number of anilines is 3. The highest BCUT2D eigenvalue weighted by atomic mass is 32.2. The molecule has 5 nitrogen and oxygen atoms in total. The minimum atomic E-state index is -0.0418. The van der Waals surface area contributed by atoms with Crippen molar-refractivity contribution in [2.24, 2.45) is 0 Å². The van der Waals surface area contributed by atoms with Crippen LogP contribution in [0.5, 0.6) is 0 Å². The average molecular weight is 413 g/mol. The van der Waals surface area contributed by atoms with Gasteiger partial charge < -0.3 is 10.6 Å².